The first-order valence-electron chi connectivity index (χ1n) is 5.42. The number of nitrogens with zero attached hydrogens (tertiary/aromatic N) is 4. The molecule has 2 aromatic heterocycles. The van der Waals surface area contributed by atoms with Gasteiger partial charge in [-0.25, -0.2) is 4.39 Å². The molecule has 0 atom stereocenters. The third-order valence-corrected chi connectivity index (χ3v) is 2.71. The van der Waals surface area contributed by atoms with Gasteiger partial charge in [-0.1, -0.05) is 6.07 Å². The van der Waals surface area contributed by atoms with Gasteiger partial charge in [0.2, 0.25) is 11.2 Å². The van der Waals surface area contributed by atoms with Crippen LogP contribution in [0.25, 0.3) is 11.0 Å². The van der Waals surface area contributed by atoms with E-state index in [1.165, 1.54) is 24.4 Å². The fourth-order valence-electron chi connectivity index (χ4n) is 1.66. The summed E-state index contributed by atoms with van der Waals surface area (Å²) >= 11 is 5.76. The molecule has 0 bridgehead atoms. The number of ether oxygens (including phenoxy) is 1. The molecule has 0 saturated carbocycles. The number of fused-ring (bicyclic) bond motifs is 1. The van der Waals surface area contributed by atoms with Gasteiger partial charge in [0.25, 0.3) is 0 Å². The number of hydrogen-bond acceptors (Lipinski definition) is 5. The van der Waals surface area contributed by atoms with Crippen molar-refractivity contribution in [2.75, 3.05) is 0 Å². The number of aromatic amines is 1. The fourth-order valence-corrected chi connectivity index (χ4v) is 1.82. The molecule has 20 heavy (non-hydrogen) atoms. The SMILES string of the molecule is N#Cc1c(F)cccc1Oc1nc(Cl)nc2[nH]ncc12. The van der Waals surface area contributed by atoms with E-state index in [0.717, 1.165) is 0 Å². The van der Waals surface area contributed by atoms with Crippen molar-refractivity contribution >= 4 is 22.6 Å². The molecule has 8 heteroatoms. The average molecular weight is 290 g/mol. The molecule has 0 aliphatic heterocycles. The number of H-pyrrole nitrogens is 1. The summed E-state index contributed by atoms with van der Waals surface area (Å²) in [6.45, 7) is 0. The predicted octanol–water partition coefficient (Wildman–Crippen LogP) is 2.81. The lowest BCUT2D eigenvalue weighted by Gasteiger charge is -2.07. The van der Waals surface area contributed by atoms with Gasteiger partial charge < -0.3 is 4.74 Å². The van der Waals surface area contributed by atoms with E-state index in [1.807, 2.05) is 0 Å². The smallest absolute Gasteiger partial charge is 0.234 e. The minimum absolute atomic E-state index is 0.0461. The molecule has 0 fully saturated rings. The summed E-state index contributed by atoms with van der Waals surface area (Å²) in [5, 5.41) is 15.8. The molecule has 2 heterocycles. The van der Waals surface area contributed by atoms with Crippen molar-refractivity contribution in [1.82, 2.24) is 20.2 Å². The number of nitrogens with one attached hydrogen (secondary N) is 1. The highest BCUT2D eigenvalue weighted by molar-refractivity contribution is 6.28. The summed E-state index contributed by atoms with van der Waals surface area (Å²) in [5.74, 6) is -0.533. The highest BCUT2D eigenvalue weighted by Crippen LogP contribution is 2.30. The Hall–Kier alpha value is -2.72. The van der Waals surface area contributed by atoms with Crippen LogP contribution in [0, 0.1) is 17.1 Å². The molecule has 1 aromatic carbocycles. The van der Waals surface area contributed by atoms with Crippen LogP contribution >= 0.6 is 11.6 Å². The zero-order chi connectivity index (χ0) is 14.1. The first kappa shape index (κ1) is 12.3. The van der Waals surface area contributed by atoms with Gasteiger partial charge in [0, 0.05) is 0 Å². The van der Waals surface area contributed by atoms with Crippen LogP contribution in [0.2, 0.25) is 5.28 Å². The normalized spacial score (nSPS) is 10.4. The lowest BCUT2D eigenvalue weighted by molar-refractivity contribution is 0.461. The molecule has 6 nitrogen and oxygen atoms in total. The Bertz CT molecular complexity index is 841. The van der Waals surface area contributed by atoms with Crippen LogP contribution in [0.1, 0.15) is 5.56 Å². The minimum Gasteiger partial charge on any atom is -0.437 e. The van der Waals surface area contributed by atoms with E-state index in [0.29, 0.717) is 11.0 Å². The van der Waals surface area contributed by atoms with E-state index < -0.39 is 5.82 Å². The molecule has 3 rings (SSSR count). The molecule has 0 saturated heterocycles. The first-order chi connectivity index (χ1) is 9.69. The van der Waals surface area contributed by atoms with E-state index in [9.17, 15) is 4.39 Å². The zero-order valence-corrected chi connectivity index (χ0v) is 10.5. The topological polar surface area (TPSA) is 87.5 Å². The van der Waals surface area contributed by atoms with Gasteiger partial charge in [-0.15, -0.1) is 0 Å². The molecule has 3 aromatic rings. The molecule has 0 amide bonds. The quantitative estimate of drug-likeness (QED) is 0.733. The van der Waals surface area contributed by atoms with Gasteiger partial charge in [0.05, 0.1) is 6.20 Å². The summed E-state index contributed by atoms with van der Waals surface area (Å²) < 4.78 is 19.0. The van der Waals surface area contributed by atoms with Crippen LogP contribution in [0.15, 0.2) is 24.4 Å². The van der Waals surface area contributed by atoms with E-state index in [2.05, 4.69) is 20.2 Å². The van der Waals surface area contributed by atoms with Crippen LogP contribution in [-0.2, 0) is 0 Å². The van der Waals surface area contributed by atoms with Crippen LogP contribution in [0.5, 0.6) is 11.6 Å². The summed E-state index contributed by atoms with van der Waals surface area (Å²) in [6.07, 6.45) is 1.45. The van der Waals surface area contributed by atoms with Crippen LogP contribution in [0.4, 0.5) is 4.39 Å². The molecular weight excluding hydrogens is 285 g/mol. The van der Waals surface area contributed by atoms with Crippen molar-refractivity contribution in [3.8, 4) is 17.7 Å². The summed E-state index contributed by atoms with van der Waals surface area (Å²) in [4.78, 5) is 7.83. The standard InChI is InChI=1S/C12H5ClFN5O/c13-12-17-10-7(5-16-19-10)11(18-12)20-9-3-1-2-8(14)6(9)4-15/h1-3,5H,(H,16,17,18,19). The maximum Gasteiger partial charge on any atom is 0.234 e. The first-order valence-corrected chi connectivity index (χ1v) is 5.80. The number of benzene rings is 1. The molecule has 0 unspecified atom stereocenters. The number of aromatic nitrogens is 4. The molecule has 0 spiro atoms. The molecule has 98 valence electrons. The molecule has 0 aliphatic carbocycles. The maximum absolute atomic E-state index is 13.5. The summed E-state index contributed by atoms with van der Waals surface area (Å²) in [7, 11) is 0. The number of halogens is 2. The monoisotopic (exact) mass is 289 g/mol. The van der Waals surface area contributed by atoms with Gasteiger partial charge in [0.15, 0.2) is 5.65 Å². The van der Waals surface area contributed by atoms with E-state index in [4.69, 9.17) is 21.6 Å². The van der Waals surface area contributed by atoms with Crippen molar-refractivity contribution in [3.05, 3.63) is 41.1 Å². The Morgan fingerprint density at radius 3 is 3.00 bits per heavy atom. The van der Waals surface area contributed by atoms with Crippen LogP contribution < -0.4 is 4.74 Å². The van der Waals surface area contributed by atoms with Crippen molar-refractivity contribution in [1.29, 1.82) is 5.26 Å². The van der Waals surface area contributed by atoms with E-state index in [-0.39, 0.29) is 22.5 Å². The molecule has 0 radical (unpaired) electrons. The van der Waals surface area contributed by atoms with Gasteiger partial charge in [0.1, 0.15) is 28.6 Å². The minimum atomic E-state index is -0.673. The summed E-state index contributed by atoms with van der Waals surface area (Å²) in [6, 6.07) is 5.81. The predicted molar refractivity (Wildman–Crippen MR) is 67.9 cm³/mol. The highest BCUT2D eigenvalue weighted by atomic mass is 35.5. The van der Waals surface area contributed by atoms with Crippen molar-refractivity contribution in [2.24, 2.45) is 0 Å². The average Bonchev–Trinajstić information content (AvgIpc) is 2.87. The Morgan fingerprint density at radius 2 is 2.20 bits per heavy atom. The highest BCUT2D eigenvalue weighted by Gasteiger charge is 2.14. The van der Waals surface area contributed by atoms with Gasteiger partial charge >= 0.3 is 0 Å². The Labute approximate surface area is 116 Å². The Balaban J connectivity index is 2.13. The lowest BCUT2D eigenvalue weighted by Crippen LogP contribution is -1.95. The lowest BCUT2D eigenvalue weighted by atomic mass is 10.2. The molecule has 0 aliphatic rings. The third-order valence-electron chi connectivity index (χ3n) is 2.54. The number of nitriles is 1. The second kappa shape index (κ2) is 4.75. The van der Waals surface area contributed by atoms with Gasteiger partial charge in [-0.2, -0.15) is 20.3 Å². The van der Waals surface area contributed by atoms with Crippen LogP contribution in [-0.4, -0.2) is 20.2 Å². The Morgan fingerprint density at radius 1 is 1.35 bits per heavy atom. The number of rotatable bonds is 2. The van der Waals surface area contributed by atoms with Gasteiger partial charge in [-0.3, -0.25) is 5.10 Å². The molecular formula is C12H5ClFN5O. The largest absolute Gasteiger partial charge is 0.437 e. The second-order valence-electron chi connectivity index (χ2n) is 3.76. The second-order valence-corrected chi connectivity index (χ2v) is 4.09. The number of hydrogen-bond donors (Lipinski definition) is 1. The molecule has 1 N–H and O–H groups in total. The maximum atomic E-state index is 13.5. The van der Waals surface area contributed by atoms with Crippen molar-refractivity contribution in [3.63, 3.8) is 0 Å². The van der Waals surface area contributed by atoms with E-state index in [1.54, 1.807) is 6.07 Å². The van der Waals surface area contributed by atoms with Crippen molar-refractivity contribution < 1.29 is 9.13 Å². The Kier molecular flexibility index (Phi) is 2.93. The van der Waals surface area contributed by atoms with E-state index >= 15 is 0 Å². The van der Waals surface area contributed by atoms with Gasteiger partial charge in [-0.05, 0) is 23.7 Å². The zero-order valence-electron chi connectivity index (χ0n) is 9.76. The third kappa shape index (κ3) is 2.02. The fraction of sp³-hybridized carbons (Fsp3) is 0. The summed E-state index contributed by atoms with van der Waals surface area (Å²) in [5.41, 5.74) is 0.175. The van der Waals surface area contributed by atoms with Crippen molar-refractivity contribution in [2.45, 2.75) is 0 Å². The van der Waals surface area contributed by atoms with Crippen LogP contribution in [0.3, 0.4) is 0 Å².